The summed E-state index contributed by atoms with van der Waals surface area (Å²) in [5.74, 6) is -0.313. The minimum Gasteiger partial charge on any atom is -0.810 e. The van der Waals surface area contributed by atoms with E-state index in [-0.39, 0.29) is 0 Å². The van der Waals surface area contributed by atoms with Crippen LogP contribution in [0.5, 0.6) is 5.75 Å². The van der Waals surface area contributed by atoms with E-state index in [4.69, 9.17) is 4.74 Å². The predicted octanol–water partition coefficient (Wildman–Crippen LogP) is 0.327. The minimum absolute atomic E-state index is 0.442. The molecule has 17 heavy (non-hydrogen) atoms. The van der Waals surface area contributed by atoms with Crippen LogP contribution in [0.3, 0.4) is 0 Å². The van der Waals surface area contributed by atoms with Crippen molar-refractivity contribution in [3.05, 3.63) is 30.3 Å². The van der Waals surface area contributed by atoms with Crippen molar-refractivity contribution in [3.8, 4) is 5.75 Å². The Balaban J connectivity index is 2.75. The highest BCUT2D eigenvalue weighted by Crippen LogP contribution is 2.27. The smallest absolute Gasteiger partial charge is 0.180 e. The molecule has 0 aliphatic heterocycles. The van der Waals surface area contributed by atoms with E-state index in [9.17, 15) is 19.1 Å². The van der Waals surface area contributed by atoms with E-state index < -0.39 is 25.1 Å². The zero-order valence-electron chi connectivity index (χ0n) is 9.58. The highest BCUT2D eigenvalue weighted by Gasteiger charge is 2.29. The maximum Gasteiger partial charge on any atom is 0.180 e. The first-order chi connectivity index (χ1) is 7.71. The Bertz CT molecular complexity index is 434. The van der Waals surface area contributed by atoms with E-state index >= 15 is 0 Å². The molecule has 94 valence electrons. The van der Waals surface area contributed by atoms with E-state index in [1.807, 2.05) is 0 Å². The van der Waals surface area contributed by atoms with Crippen molar-refractivity contribution in [2.24, 2.45) is 0 Å². The monoisotopic (exact) mass is 256 g/mol. The average Bonchev–Trinajstić information content (AvgIpc) is 2.15. The van der Waals surface area contributed by atoms with Crippen LogP contribution in [0.1, 0.15) is 13.8 Å². The number of benzene rings is 1. The third-order valence-electron chi connectivity index (χ3n) is 2.12. The number of rotatable bonds is 5. The van der Waals surface area contributed by atoms with Gasteiger partial charge < -0.3 is 19.1 Å². The maximum absolute atomic E-state index is 11.6. The molecule has 5 nitrogen and oxygen atoms in total. The van der Waals surface area contributed by atoms with Gasteiger partial charge in [-0.2, -0.15) is 0 Å². The van der Waals surface area contributed by atoms with Crippen LogP contribution in [-0.2, 0) is 9.36 Å². The first kappa shape index (κ1) is 13.9. The SMILES string of the molecule is CC(C)(Oc1ccccc1)C(=O)CP(=O)([O-])[O-]. The van der Waals surface area contributed by atoms with Crippen LogP contribution in [0.4, 0.5) is 0 Å². The van der Waals surface area contributed by atoms with Crippen LogP contribution in [-0.4, -0.2) is 17.5 Å². The fourth-order valence-electron chi connectivity index (χ4n) is 1.21. The molecule has 0 spiro atoms. The summed E-state index contributed by atoms with van der Waals surface area (Å²) in [6.07, 6.45) is -1.03. The fraction of sp³-hybridized carbons (Fsp3) is 0.364. The van der Waals surface area contributed by atoms with Gasteiger partial charge >= 0.3 is 0 Å². The second-order valence-corrected chi connectivity index (χ2v) is 5.66. The summed E-state index contributed by atoms with van der Waals surface area (Å²) in [5, 5.41) is 0. The third kappa shape index (κ3) is 4.69. The first-order valence-electron chi connectivity index (χ1n) is 4.99. The van der Waals surface area contributed by atoms with E-state index in [2.05, 4.69) is 0 Å². The zero-order valence-corrected chi connectivity index (χ0v) is 10.5. The predicted molar refractivity (Wildman–Crippen MR) is 58.6 cm³/mol. The van der Waals surface area contributed by atoms with Gasteiger partial charge in [0.05, 0.1) is 0 Å². The van der Waals surface area contributed by atoms with Crippen LogP contribution < -0.4 is 14.5 Å². The van der Waals surface area contributed by atoms with E-state index in [1.54, 1.807) is 30.3 Å². The summed E-state index contributed by atoms with van der Waals surface area (Å²) < 4.78 is 15.9. The van der Waals surface area contributed by atoms with Crippen LogP contribution in [0.25, 0.3) is 0 Å². The Labute approximate surface area is 99.6 Å². The van der Waals surface area contributed by atoms with Crippen LogP contribution in [0.15, 0.2) is 30.3 Å². The van der Waals surface area contributed by atoms with Crippen molar-refractivity contribution in [2.45, 2.75) is 19.4 Å². The zero-order chi connectivity index (χ0) is 13.1. The molecule has 1 aromatic rings. The molecular weight excluding hydrogens is 243 g/mol. The third-order valence-corrected chi connectivity index (χ3v) is 2.80. The van der Waals surface area contributed by atoms with Crippen LogP contribution >= 0.6 is 7.60 Å². The second kappa shape index (κ2) is 5.00. The number of ether oxygens (including phenoxy) is 1. The van der Waals surface area contributed by atoms with Crippen molar-refractivity contribution in [1.82, 2.24) is 0 Å². The molecular formula is C11H13O5P-2. The number of carbonyl (C=O) groups is 1. The Morgan fingerprint density at radius 3 is 2.29 bits per heavy atom. The Morgan fingerprint density at radius 2 is 1.82 bits per heavy atom. The molecule has 0 aromatic heterocycles. The van der Waals surface area contributed by atoms with E-state index in [0.717, 1.165) is 0 Å². The molecule has 0 aliphatic rings. The van der Waals surface area contributed by atoms with Gasteiger partial charge in [-0.05, 0) is 26.0 Å². The maximum atomic E-state index is 11.6. The molecule has 0 radical (unpaired) electrons. The minimum atomic E-state index is -4.85. The normalized spacial score (nSPS) is 12.2. The van der Waals surface area contributed by atoms with Crippen LogP contribution in [0.2, 0.25) is 0 Å². The number of hydrogen-bond acceptors (Lipinski definition) is 5. The molecule has 0 unspecified atom stereocenters. The summed E-state index contributed by atoms with van der Waals surface area (Å²) in [6.45, 7) is 2.86. The molecule has 0 N–H and O–H groups in total. The lowest BCUT2D eigenvalue weighted by Crippen LogP contribution is -2.42. The van der Waals surface area contributed by atoms with Crippen molar-refractivity contribution in [1.29, 1.82) is 0 Å². The summed E-state index contributed by atoms with van der Waals surface area (Å²) in [5.41, 5.74) is -1.34. The highest BCUT2D eigenvalue weighted by molar-refractivity contribution is 7.49. The molecule has 1 rings (SSSR count). The molecule has 6 heteroatoms. The van der Waals surface area contributed by atoms with Crippen molar-refractivity contribution in [3.63, 3.8) is 0 Å². The quantitative estimate of drug-likeness (QED) is 0.708. The van der Waals surface area contributed by atoms with E-state index in [0.29, 0.717) is 5.75 Å². The number of hydrogen-bond donors (Lipinski definition) is 0. The molecule has 0 atom stereocenters. The molecule has 0 bridgehead atoms. The lowest BCUT2D eigenvalue weighted by molar-refractivity contribution is -0.312. The van der Waals surface area contributed by atoms with Gasteiger partial charge in [0.15, 0.2) is 11.4 Å². The van der Waals surface area contributed by atoms with Gasteiger partial charge in [0.2, 0.25) is 0 Å². The number of Topliss-reactive ketones (excluding diaryl/α,β-unsaturated/α-hetero) is 1. The molecule has 0 amide bonds. The average molecular weight is 256 g/mol. The highest BCUT2D eigenvalue weighted by atomic mass is 31.2. The first-order valence-corrected chi connectivity index (χ1v) is 6.72. The second-order valence-electron chi connectivity index (χ2n) is 4.12. The summed E-state index contributed by atoms with van der Waals surface area (Å²) >= 11 is 0. The van der Waals surface area contributed by atoms with Gasteiger partial charge in [0.1, 0.15) is 5.75 Å². The van der Waals surface area contributed by atoms with Gasteiger partial charge in [0.25, 0.3) is 0 Å². The summed E-state index contributed by atoms with van der Waals surface area (Å²) in [7, 11) is -4.85. The standard InChI is InChI=1S/C11H15O5P/c1-11(2,10(12)8-17(13,14)15)16-9-6-4-3-5-7-9/h3-7H,8H2,1-2H3,(H2,13,14,15)/p-2. The number of para-hydroxylation sites is 1. The molecule has 0 saturated carbocycles. The summed E-state index contributed by atoms with van der Waals surface area (Å²) in [6, 6.07) is 8.52. The fourth-order valence-corrected chi connectivity index (χ4v) is 1.94. The molecule has 0 saturated heterocycles. The Kier molecular flexibility index (Phi) is 4.09. The Morgan fingerprint density at radius 1 is 1.29 bits per heavy atom. The molecule has 0 aliphatic carbocycles. The van der Waals surface area contributed by atoms with Gasteiger partial charge in [-0.1, -0.05) is 25.8 Å². The van der Waals surface area contributed by atoms with Gasteiger partial charge in [0, 0.05) is 6.16 Å². The number of carbonyl (C=O) groups excluding carboxylic acids is 1. The van der Waals surface area contributed by atoms with Gasteiger partial charge in [-0.3, -0.25) is 4.79 Å². The topological polar surface area (TPSA) is 89.5 Å². The molecule has 0 fully saturated rings. The lowest BCUT2D eigenvalue weighted by atomic mass is 10.1. The van der Waals surface area contributed by atoms with Crippen molar-refractivity contribution in [2.75, 3.05) is 6.16 Å². The lowest BCUT2D eigenvalue weighted by Gasteiger charge is -2.33. The van der Waals surface area contributed by atoms with E-state index in [1.165, 1.54) is 13.8 Å². The summed E-state index contributed by atoms with van der Waals surface area (Å²) in [4.78, 5) is 32.7. The van der Waals surface area contributed by atoms with Crippen molar-refractivity contribution >= 4 is 13.4 Å². The van der Waals surface area contributed by atoms with Gasteiger partial charge in [-0.15, -0.1) is 0 Å². The Hall–Kier alpha value is -1.16. The van der Waals surface area contributed by atoms with Crippen LogP contribution in [0, 0.1) is 0 Å². The largest absolute Gasteiger partial charge is 0.810 e. The number of ketones is 1. The van der Waals surface area contributed by atoms with Crippen molar-refractivity contribution < 1.29 is 23.9 Å². The van der Waals surface area contributed by atoms with Gasteiger partial charge in [-0.25, -0.2) is 0 Å². The molecule has 0 heterocycles. The molecule has 1 aromatic carbocycles.